The monoisotopic (exact) mass is 393 g/mol. The van der Waals surface area contributed by atoms with Gasteiger partial charge in [-0.2, -0.15) is 0 Å². The molecule has 0 atom stereocenters. The molecule has 0 aromatic heterocycles. The third-order valence-electron chi connectivity index (χ3n) is 3.06. The third kappa shape index (κ3) is 5.11. The normalized spacial score (nSPS) is 10.2. The molecule has 0 saturated carbocycles. The zero-order chi connectivity index (χ0) is 16.8. The second kappa shape index (κ2) is 8.17. The number of carbonyl (C=O) groups is 2. The predicted molar refractivity (Wildman–Crippen MR) is 96.0 cm³/mol. The molecule has 0 unspecified atom stereocenters. The van der Waals surface area contributed by atoms with Gasteiger partial charge in [0.2, 0.25) is 0 Å². The first kappa shape index (κ1) is 17.6. The third-order valence-corrected chi connectivity index (χ3v) is 4.46. The molecular formula is C17H16BrNO3S. The highest BCUT2D eigenvalue weighted by Gasteiger charge is 2.11. The number of amides is 1. The molecule has 0 heterocycles. The first-order valence-corrected chi connectivity index (χ1v) is 8.88. The lowest BCUT2D eigenvalue weighted by Gasteiger charge is -2.09. The smallest absolute Gasteiger partial charge is 0.338 e. The SMILES string of the molecule is CSc1ccc(C(=O)OCC(=O)Nc2ccc(C)cc2Br)cc1. The molecule has 1 N–H and O–H groups in total. The molecule has 0 aliphatic carbocycles. The number of halogens is 1. The van der Waals surface area contributed by atoms with Gasteiger partial charge in [0.15, 0.2) is 6.61 Å². The summed E-state index contributed by atoms with van der Waals surface area (Å²) in [6.45, 7) is 1.63. The zero-order valence-corrected chi connectivity index (χ0v) is 15.2. The summed E-state index contributed by atoms with van der Waals surface area (Å²) in [6.07, 6.45) is 1.96. The van der Waals surface area contributed by atoms with E-state index < -0.39 is 5.97 Å². The number of aryl methyl sites for hydroxylation is 1. The van der Waals surface area contributed by atoms with E-state index in [1.807, 2.05) is 37.4 Å². The highest BCUT2D eigenvalue weighted by molar-refractivity contribution is 9.10. The van der Waals surface area contributed by atoms with E-state index in [1.54, 1.807) is 30.0 Å². The van der Waals surface area contributed by atoms with Crippen molar-refractivity contribution in [1.82, 2.24) is 0 Å². The molecule has 6 heteroatoms. The minimum atomic E-state index is -0.518. The first-order valence-electron chi connectivity index (χ1n) is 6.87. The molecule has 0 bridgehead atoms. The van der Waals surface area contributed by atoms with E-state index in [1.165, 1.54) is 0 Å². The van der Waals surface area contributed by atoms with Crippen LogP contribution in [0.25, 0.3) is 0 Å². The van der Waals surface area contributed by atoms with Gasteiger partial charge in [-0.3, -0.25) is 4.79 Å². The van der Waals surface area contributed by atoms with Gasteiger partial charge in [-0.25, -0.2) is 4.79 Å². The lowest BCUT2D eigenvalue weighted by Crippen LogP contribution is -2.21. The van der Waals surface area contributed by atoms with Crippen LogP contribution < -0.4 is 5.32 Å². The molecule has 0 aliphatic heterocycles. The van der Waals surface area contributed by atoms with E-state index in [2.05, 4.69) is 21.2 Å². The van der Waals surface area contributed by atoms with Gasteiger partial charge in [-0.15, -0.1) is 11.8 Å². The Kier molecular flexibility index (Phi) is 6.24. The minimum absolute atomic E-state index is 0.330. The Hall–Kier alpha value is -1.79. The summed E-state index contributed by atoms with van der Waals surface area (Å²) in [7, 11) is 0. The second-order valence-corrected chi connectivity index (χ2v) is 6.57. The topological polar surface area (TPSA) is 55.4 Å². The number of benzene rings is 2. The van der Waals surface area contributed by atoms with Crippen molar-refractivity contribution in [3.63, 3.8) is 0 Å². The average Bonchev–Trinajstić information content (AvgIpc) is 2.55. The van der Waals surface area contributed by atoms with Crippen LogP contribution in [-0.4, -0.2) is 24.7 Å². The summed E-state index contributed by atoms with van der Waals surface area (Å²) in [5.74, 6) is -0.903. The highest BCUT2D eigenvalue weighted by atomic mass is 79.9. The highest BCUT2D eigenvalue weighted by Crippen LogP contribution is 2.23. The number of hydrogen-bond acceptors (Lipinski definition) is 4. The second-order valence-electron chi connectivity index (χ2n) is 4.84. The summed E-state index contributed by atoms with van der Waals surface area (Å²) in [4.78, 5) is 24.8. The molecule has 0 radical (unpaired) electrons. The van der Waals surface area contributed by atoms with Crippen LogP contribution in [0, 0.1) is 6.92 Å². The molecule has 2 rings (SSSR count). The molecular weight excluding hydrogens is 378 g/mol. The van der Waals surface area contributed by atoms with Gasteiger partial charge >= 0.3 is 5.97 Å². The van der Waals surface area contributed by atoms with Crippen molar-refractivity contribution in [2.24, 2.45) is 0 Å². The molecule has 0 spiro atoms. The van der Waals surface area contributed by atoms with Crippen LogP contribution in [0.1, 0.15) is 15.9 Å². The Labute approximate surface area is 147 Å². The summed E-state index contributed by atoms with van der Waals surface area (Å²) < 4.78 is 5.81. The van der Waals surface area contributed by atoms with Crippen LogP contribution in [0.2, 0.25) is 0 Å². The number of carbonyl (C=O) groups excluding carboxylic acids is 2. The van der Waals surface area contributed by atoms with Crippen molar-refractivity contribution < 1.29 is 14.3 Å². The van der Waals surface area contributed by atoms with Gasteiger partial charge in [0.1, 0.15) is 0 Å². The van der Waals surface area contributed by atoms with Crippen LogP contribution in [0.5, 0.6) is 0 Å². The van der Waals surface area contributed by atoms with Crippen LogP contribution >= 0.6 is 27.7 Å². The summed E-state index contributed by atoms with van der Waals surface area (Å²) in [5, 5.41) is 2.70. The number of hydrogen-bond donors (Lipinski definition) is 1. The van der Waals surface area contributed by atoms with E-state index >= 15 is 0 Å². The van der Waals surface area contributed by atoms with Crippen molar-refractivity contribution in [3.8, 4) is 0 Å². The maximum atomic E-state index is 11.9. The standard InChI is InChI=1S/C17H16BrNO3S/c1-11-3-8-15(14(18)9-11)19-16(20)10-22-17(21)12-4-6-13(23-2)7-5-12/h3-9H,10H2,1-2H3,(H,19,20). The summed E-state index contributed by atoms with van der Waals surface area (Å²) in [6, 6.07) is 12.6. The van der Waals surface area contributed by atoms with Gasteiger partial charge in [0.05, 0.1) is 11.3 Å². The van der Waals surface area contributed by atoms with E-state index in [0.29, 0.717) is 11.3 Å². The Balaban J connectivity index is 1.89. The fourth-order valence-electron chi connectivity index (χ4n) is 1.85. The molecule has 0 fully saturated rings. The molecule has 0 aliphatic rings. The van der Waals surface area contributed by atoms with Gasteiger partial charge in [-0.05, 0) is 71.1 Å². The van der Waals surface area contributed by atoms with E-state index in [0.717, 1.165) is 14.9 Å². The van der Waals surface area contributed by atoms with Crippen LogP contribution in [0.15, 0.2) is 51.8 Å². The quantitative estimate of drug-likeness (QED) is 0.608. The Morgan fingerprint density at radius 2 is 1.87 bits per heavy atom. The molecule has 120 valence electrons. The molecule has 1 amide bonds. The van der Waals surface area contributed by atoms with Crippen LogP contribution in [0.4, 0.5) is 5.69 Å². The van der Waals surface area contributed by atoms with Crippen LogP contribution in [-0.2, 0) is 9.53 Å². The first-order chi connectivity index (χ1) is 11.0. The molecule has 23 heavy (non-hydrogen) atoms. The van der Waals surface area contributed by atoms with E-state index in [9.17, 15) is 9.59 Å². The van der Waals surface area contributed by atoms with Crippen molar-refractivity contribution in [2.75, 3.05) is 18.2 Å². The lowest BCUT2D eigenvalue weighted by atomic mass is 10.2. The Morgan fingerprint density at radius 3 is 2.48 bits per heavy atom. The van der Waals surface area contributed by atoms with Crippen molar-refractivity contribution in [1.29, 1.82) is 0 Å². The van der Waals surface area contributed by atoms with E-state index in [4.69, 9.17) is 4.74 Å². The van der Waals surface area contributed by atoms with Crippen LogP contribution in [0.3, 0.4) is 0 Å². The van der Waals surface area contributed by atoms with Crippen molar-refractivity contribution in [2.45, 2.75) is 11.8 Å². The minimum Gasteiger partial charge on any atom is -0.452 e. The van der Waals surface area contributed by atoms with E-state index in [-0.39, 0.29) is 12.5 Å². The number of rotatable bonds is 5. The lowest BCUT2D eigenvalue weighted by molar-refractivity contribution is -0.119. The zero-order valence-electron chi connectivity index (χ0n) is 12.8. The number of nitrogens with one attached hydrogen (secondary N) is 1. The van der Waals surface area contributed by atoms with Gasteiger partial charge in [-0.1, -0.05) is 6.07 Å². The molecule has 2 aromatic rings. The van der Waals surface area contributed by atoms with Crippen molar-refractivity contribution in [3.05, 3.63) is 58.1 Å². The number of anilines is 1. The van der Waals surface area contributed by atoms with Gasteiger partial charge < -0.3 is 10.1 Å². The number of thioether (sulfide) groups is 1. The predicted octanol–water partition coefficient (Wildman–Crippen LogP) is 4.27. The fraction of sp³-hybridized carbons (Fsp3) is 0.176. The number of ether oxygens (including phenoxy) is 1. The Morgan fingerprint density at radius 1 is 1.17 bits per heavy atom. The maximum Gasteiger partial charge on any atom is 0.338 e. The maximum absolute atomic E-state index is 11.9. The molecule has 0 saturated heterocycles. The van der Waals surface area contributed by atoms with Gasteiger partial charge in [0.25, 0.3) is 5.91 Å². The summed E-state index contributed by atoms with van der Waals surface area (Å²) in [5.41, 5.74) is 2.14. The number of esters is 1. The summed E-state index contributed by atoms with van der Waals surface area (Å²) >= 11 is 4.97. The fourth-order valence-corrected chi connectivity index (χ4v) is 2.85. The largest absolute Gasteiger partial charge is 0.452 e. The molecule has 4 nitrogen and oxygen atoms in total. The molecule has 2 aromatic carbocycles. The Bertz CT molecular complexity index is 716. The van der Waals surface area contributed by atoms with Crippen molar-refractivity contribution >= 4 is 45.3 Å². The van der Waals surface area contributed by atoms with Gasteiger partial charge in [0, 0.05) is 9.37 Å². The average molecular weight is 394 g/mol.